The van der Waals surface area contributed by atoms with E-state index in [0.717, 1.165) is 0 Å². The van der Waals surface area contributed by atoms with Crippen LogP contribution in [-0.4, -0.2) is 42.1 Å². The van der Waals surface area contributed by atoms with Crippen LogP contribution in [0.5, 0.6) is 5.75 Å². The molecule has 0 fully saturated rings. The first-order valence-corrected chi connectivity index (χ1v) is 6.71. The van der Waals surface area contributed by atoms with E-state index in [0.29, 0.717) is 30.3 Å². The van der Waals surface area contributed by atoms with Gasteiger partial charge in [-0.2, -0.15) is 0 Å². The number of benzene rings is 1. The highest BCUT2D eigenvalue weighted by Crippen LogP contribution is 2.22. The summed E-state index contributed by atoms with van der Waals surface area (Å²) in [5.74, 6) is -0.391. The Balaban J connectivity index is 2.25. The smallest absolute Gasteiger partial charge is 0.303 e. The molecule has 1 aromatic carbocycles. The average molecular weight is 300 g/mol. The van der Waals surface area contributed by atoms with Gasteiger partial charge in [0.1, 0.15) is 12.4 Å². The summed E-state index contributed by atoms with van der Waals surface area (Å²) in [5.41, 5.74) is 0. The number of ether oxygens (including phenoxy) is 1. The van der Waals surface area contributed by atoms with Gasteiger partial charge in [0.25, 0.3) is 0 Å². The number of amides is 1. The molecule has 0 aliphatic carbocycles. The minimum atomic E-state index is -0.887. The third-order valence-corrected chi connectivity index (χ3v) is 3.04. The van der Waals surface area contributed by atoms with Crippen LogP contribution in [0.1, 0.15) is 19.3 Å². The summed E-state index contributed by atoms with van der Waals surface area (Å²) in [6.07, 6.45) is 0.592. The second kappa shape index (κ2) is 8.43. The Labute approximate surface area is 123 Å². The van der Waals surface area contributed by atoms with Crippen LogP contribution in [0.15, 0.2) is 24.3 Å². The Morgan fingerprint density at radius 1 is 1.30 bits per heavy atom. The SMILES string of the molecule is CN(CCOc1ccccc1Cl)C(=O)CCCC(=O)O. The van der Waals surface area contributed by atoms with Crippen molar-refractivity contribution >= 4 is 23.5 Å². The summed E-state index contributed by atoms with van der Waals surface area (Å²) in [6, 6.07) is 7.13. The molecule has 0 radical (unpaired) electrons. The van der Waals surface area contributed by atoms with Gasteiger partial charge in [-0.05, 0) is 18.6 Å². The van der Waals surface area contributed by atoms with Crippen LogP contribution >= 0.6 is 11.6 Å². The lowest BCUT2D eigenvalue weighted by Gasteiger charge is -2.17. The number of carboxylic acid groups (broad SMARTS) is 1. The molecular weight excluding hydrogens is 282 g/mol. The second-order valence-electron chi connectivity index (χ2n) is 4.34. The molecule has 110 valence electrons. The lowest BCUT2D eigenvalue weighted by atomic mass is 10.2. The van der Waals surface area contributed by atoms with Crippen molar-refractivity contribution < 1.29 is 19.4 Å². The Kier molecular flexibility index (Phi) is 6.87. The minimum Gasteiger partial charge on any atom is -0.490 e. The molecule has 0 aromatic heterocycles. The van der Waals surface area contributed by atoms with Gasteiger partial charge in [0.2, 0.25) is 5.91 Å². The molecule has 20 heavy (non-hydrogen) atoms. The maximum atomic E-state index is 11.7. The van der Waals surface area contributed by atoms with Crippen molar-refractivity contribution in [1.82, 2.24) is 4.90 Å². The van der Waals surface area contributed by atoms with Crippen LogP contribution in [0, 0.1) is 0 Å². The van der Waals surface area contributed by atoms with E-state index in [9.17, 15) is 9.59 Å². The molecule has 0 heterocycles. The van der Waals surface area contributed by atoms with Crippen molar-refractivity contribution in [2.75, 3.05) is 20.2 Å². The van der Waals surface area contributed by atoms with E-state index in [-0.39, 0.29) is 18.7 Å². The first-order valence-electron chi connectivity index (χ1n) is 6.34. The Bertz CT molecular complexity index is 464. The molecular formula is C14H18ClNO4. The van der Waals surface area contributed by atoms with Gasteiger partial charge in [0.15, 0.2) is 0 Å². The van der Waals surface area contributed by atoms with Crippen molar-refractivity contribution in [3.05, 3.63) is 29.3 Å². The largest absolute Gasteiger partial charge is 0.490 e. The average Bonchev–Trinajstić information content (AvgIpc) is 2.40. The maximum Gasteiger partial charge on any atom is 0.303 e. The van der Waals surface area contributed by atoms with E-state index < -0.39 is 5.97 Å². The van der Waals surface area contributed by atoms with Crippen LogP contribution in [0.25, 0.3) is 0 Å². The molecule has 0 aliphatic rings. The molecule has 1 N–H and O–H groups in total. The first kappa shape index (κ1) is 16.3. The number of hydrogen-bond acceptors (Lipinski definition) is 3. The Hall–Kier alpha value is -1.75. The third-order valence-electron chi connectivity index (χ3n) is 2.73. The molecule has 1 amide bonds. The van der Waals surface area contributed by atoms with Gasteiger partial charge < -0.3 is 14.7 Å². The van der Waals surface area contributed by atoms with E-state index in [1.165, 1.54) is 4.90 Å². The second-order valence-corrected chi connectivity index (χ2v) is 4.75. The molecule has 0 spiro atoms. The summed E-state index contributed by atoms with van der Waals surface area (Å²) < 4.78 is 5.48. The molecule has 1 rings (SSSR count). The quantitative estimate of drug-likeness (QED) is 0.800. The van der Waals surface area contributed by atoms with Gasteiger partial charge in [-0.15, -0.1) is 0 Å². The van der Waals surface area contributed by atoms with Gasteiger partial charge in [-0.1, -0.05) is 23.7 Å². The van der Waals surface area contributed by atoms with Crippen LogP contribution in [0.2, 0.25) is 5.02 Å². The zero-order valence-electron chi connectivity index (χ0n) is 11.3. The van der Waals surface area contributed by atoms with Gasteiger partial charge in [-0.3, -0.25) is 9.59 Å². The number of para-hydroxylation sites is 1. The number of nitrogens with zero attached hydrogens (tertiary/aromatic N) is 1. The predicted octanol–water partition coefficient (Wildman–Crippen LogP) is 2.43. The molecule has 0 bridgehead atoms. The van der Waals surface area contributed by atoms with E-state index in [2.05, 4.69) is 0 Å². The van der Waals surface area contributed by atoms with Gasteiger partial charge in [-0.25, -0.2) is 0 Å². The van der Waals surface area contributed by atoms with E-state index in [4.69, 9.17) is 21.4 Å². The Morgan fingerprint density at radius 3 is 2.65 bits per heavy atom. The third kappa shape index (κ3) is 5.93. The fraction of sp³-hybridized carbons (Fsp3) is 0.429. The molecule has 0 aliphatic heterocycles. The number of rotatable bonds is 8. The fourth-order valence-corrected chi connectivity index (χ4v) is 1.75. The minimum absolute atomic E-state index is 0.00963. The molecule has 0 atom stereocenters. The highest BCUT2D eigenvalue weighted by Gasteiger charge is 2.09. The van der Waals surface area contributed by atoms with Crippen LogP contribution in [0.4, 0.5) is 0 Å². The van der Waals surface area contributed by atoms with Gasteiger partial charge >= 0.3 is 5.97 Å². The van der Waals surface area contributed by atoms with E-state index in [1.54, 1.807) is 19.2 Å². The Morgan fingerprint density at radius 2 is 2.00 bits per heavy atom. The number of likely N-dealkylation sites (N-methyl/N-ethyl adjacent to an activating group) is 1. The van der Waals surface area contributed by atoms with E-state index in [1.807, 2.05) is 12.1 Å². The molecule has 1 aromatic rings. The maximum absolute atomic E-state index is 11.7. The van der Waals surface area contributed by atoms with Crippen LogP contribution in [-0.2, 0) is 9.59 Å². The molecule has 0 saturated heterocycles. The predicted molar refractivity (Wildman–Crippen MR) is 76.1 cm³/mol. The molecule has 5 nitrogen and oxygen atoms in total. The normalized spacial score (nSPS) is 10.1. The number of carbonyl (C=O) groups excluding carboxylic acids is 1. The lowest BCUT2D eigenvalue weighted by molar-refractivity contribution is -0.137. The standard InChI is InChI=1S/C14H18ClNO4/c1-16(13(17)7-4-8-14(18)19)9-10-20-12-6-3-2-5-11(12)15/h2-3,5-6H,4,7-10H2,1H3,(H,18,19). The molecule has 0 saturated carbocycles. The van der Waals surface area contributed by atoms with Crippen molar-refractivity contribution in [3.8, 4) is 5.75 Å². The van der Waals surface area contributed by atoms with Crippen LogP contribution < -0.4 is 4.74 Å². The highest BCUT2D eigenvalue weighted by molar-refractivity contribution is 6.32. The summed E-state index contributed by atoms with van der Waals surface area (Å²) in [7, 11) is 1.67. The summed E-state index contributed by atoms with van der Waals surface area (Å²) >= 11 is 5.94. The monoisotopic (exact) mass is 299 g/mol. The zero-order valence-corrected chi connectivity index (χ0v) is 12.1. The number of carboxylic acids is 1. The summed E-state index contributed by atoms with van der Waals surface area (Å²) in [6.45, 7) is 0.766. The van der Waals surface area contributed by atoms with Crippen molar-refractivity contribution in [1.29, 1.82) is 0 Å². The van der Waals surface area contributed by atoms with Crippen molar-refractivity contribution in [3.63, 3.8) is 0 Å². The molecule has 0 unspecified atom stereocenters. The lowest BCUT2D eigenvalue weighted by Crippen LogP contribution is -2.30. The number of aliphatic carboxylic acids is 1. The van der Waals surface area contributed by atoms with Crippen LogP contribution in [0.3, 0.4) is 0 Å². The van der Waals surface area contributed by atoms with Gasteiger partial charge in [0, 0.05) is 19.9 Å². The summed E-state index contributed by atoms with van der Waals surface area (Å²) in [4.78, 5) is 23.6. The summed E-state index contributed by atoms with van der Waals surface area (Å²) in [5, 5.41) is 9.03. The highest BCUT2D eigenvalue weighted by atomic mass is 35.5. The number of halogens is 1. The zero-order chi connectivity index (χ0) is 15.0. The topological polar surface area (TPSA) is 66.8 Å². The number of hydrogen-bond donors (Lipinski definition) is 1. The van der Waals surface area contributed by atoms with Crippen molar-refractivity contribution in [2.45, 2.75) is 19.3 Å². The van der Waals surface area contributed by atoms with Crippen molar-refractivity contribution in [2.24, 2.45) is 0 Å². The van der Waals surface area contributed by atoms with E-state index >= 15 is 0 Å². The molecule has 6 heteroatoms. The number of carbonyl (C=O) groups is 2. The fourth-order valence-electron chi connectivity index (χ4n) is 1.56. The first-order chi connectivity index (χ1) is 9.50. The van der Waals surface area contributed by atoms with Gasteiger partial charge in [0.05, 0.1) is 11.6 Å².